The van der Waals surface area contributed by atoms with Gasteiger partial charge in [0, 0.05) is 37.3 Å². The summed E-state index contributed by atoms with van der Waals surface area (Å²) >= 11 is 0. The fourth-order valence-corrected chi connectivity index (χ4v) is 5.50. The smallest absolute Gasteiger partial charge is 0.242 e. The number of pyridine rings is 1. The van der Waals surface area contributed by atoms with Gasteiger partial charge in [-0.3, -0.25) is 19.4 Å². The molecule has 0 fully saturated rings. The molecule has 0 saturated carbocycles. The number of amides is 2. The second-order valence-electron chi connectivity index (χ2n) is 10.8. The summed E-state index contributed by atoms with van der Waals surface area (Å²) in [6.45, 7) is 5.72. The lowest BCUT2D eigenvalue weighted by Gasteiger charge is -2.22. The van der Waals surface area contributed by atoms with E-state index in [0.717, 1.165) is 22.4 Å². The van der Waals surface area contributed by atoms with Crippen LogP contribution in [0.3, 0.4) is 0 Å². The third kappa shape index (κ3) is 7.07. The minimum absolute atomic E-state index is 0.109. The van der Waals surface area contributed by atoms with Gasteiger partial charge in [0.25, 0.3) is 0 Å². The first-order valence-corrected chi connectivity index (χ1v) is 14.4. The normalized spacial score (nSPS) is 14.4. The summed E-state index contributed by atoms with van der Waals surface area (Å²) in [6.07, 6.45) is 3.47. The number of fused-ring (bicyclic) bond motifs is 3. The van der Waals surface area contributed by atoms with Gasteiger partial charge in [0.1, 0.15) is 6.04 Å². The molecule has 1 aromatic heterocycles. The van der Waals surface area contributed by atoms with Crippen LogP contribution in [0.5, 0.6) is 17.2 Å². The Kier molecular flexibility index (Phi) is 10.2. The number of aryl methyl sites for hydroxylation is 1. The van der Waals surface area contributed by atoms with Gasteiger partial charge in [0.05, 0.1) is 33.1 Å². The highest BCUT2D eigenvalue weighted by Gasteiger charge is 2.30. The number of hydrogen-bond acceptors (Lipinski definition) is 8. The second-order valence-corrected chi connectivity index (χ2v) is 10.8. The Morgan fingerprint density at radius 3 is 2.42 bits per heavy atom. The lowest BCUT2D eigenvalue weighted by Crippen LogP contribution is -2.44. The molecule has 10 heteroatoms. The number of ether oxygens (including phenoxy) is 3. The van der Waals surface area contributed by atoms with E-state index in [1.54, 1.807) is 39.7 Å². The van der Waals surface area contributed by atoms with Gasteiger partial charge >= 0.3 is 0 Å². The maximum absolute atomic E-state index is 13.7. The van der Waals surface area contributed by atoms with Crippen molar-refractivity contribution >= 4 is 17.5 Å². The molecule has 0 saturated heterocycles. The van der Waals surface area contributed by atoms with Crippen LogP contribution in [0.2, 0.25) is 0 Å². The molecule has 4 rings (SSSR count). The van der Waals surface area contributed by atoms with E-state index in [-0.39, 0.29) is 28.8 Å². The topological polar surface area (TPSA) is 128 Å². The molecule has 0 radical (unpaired) electrons. The van der Waals surface area contributed by atoms with Crippen molar-refractivity contribution in [1.29, 1.82) is 0 Å². The number of aromatic nitrogens is 1. The molecule has 2 aromatic carbocycles. The summed E-state index contributed by atoms with van der Waals surface area (Å²) in [4.78, 5) is 43.5. The fraction of sp³-hybridized carbons (Fsp3) is 0.394. The van der Waals surface area contributed by atoms with Crippen molar-refractivity contribution in [2.24, 2.45) is 5.92 Å². The molecule has 1 heterocycles. The summed E-state index contributed by atoms with van der Waals surface area (Å²) in [5.41, 5.74) is 3.92. The van der Waals surface area contributed by atoms with Crippen molar-refractivity contribution in [3.05, 3.63) is 75.7 Å². The molecular weight excluding hydrogens is 548 g/mol. The standard InChI is InChI=1S/C33H40N4O6/c1-19(2)30(33(40)35-16-14-22-9-7-8-15-34-22)37-26-13-11-23-24(18-27(26)39)25(36-20(3)38)12-10-21-17-28(41-4)31(42-5)32(43-6)29(21)23/h7-9,11,13,15,17-19,25,30H,10,12,14,16H2,1-6H3,(H,35,40)(H,36,38)(H,37,39)/t25-,30-/m1/s1. The van der Waals surface area contributed by atoms with E-state index >= 15 is 0 Å². The van der Waals surface area contributed by atoms with Crippen molar-refractivity contribution in [2.75, 3.05) is 33.2 Å². The summed E-state index contributed by atoms with van der Waals surface area (Å²) in [5, 5.41) is 9.18. The van der Waals surface area contributed by atoms with Crippen LogP contribution in [-0.2, 0) is 22.4 Å². The molecule has 2 atom stereocenters. The lowest BCUT2D eigenvalue weighted by atomic mass is 9.95. The lowest BCUT2D eigenvalue weighted by molar-refractivity contribution is -0.122. The van der Waals surface area contributed by atoms with Crippen LogP contribution >= 0.6 is 0 Å². The average molecular weight is 589 g/mol. The maximum atomic E-state index is 13.7. The Morgan fingerprint density at radius 2 is 1.79 bits per heavy atom. The number of methoxy groups -OCH3 is 3. The number of nitrogens with one attached hydrogen (secondary N) is 3. The van der Waals surface area contributed by atoms with Crippen molar-refractivity contribution in [3.63, 3.8) is 0 Å². The van der Waals surface area contributed by atoms with Gasteiger partial charge in [-0.1, -0.05) is 26.0 Å². The highest BCUT2D eigenvalue weighted by atomic mass is 16.5. The number of hydrogen-bond donors (Lipinski definition) is 3. The van der Waals surface area contributed by atoms with E-state index in [4.69, 9.17) is 14.2 Å². The molecule has 0 aliphatic heterocycles. The van der Waals surface area contributed by atoms with Crippen LogP contribution in [0.1, 0.15) is 50.1 Å². The number of carbonyl (C=O) groups excluding carboxylic acids is 2. The fourth-order valence-electron chi connectivity index (χ4n) is 5.50. The van der Waals surface area contributed by atoms with Crippen LogP contribution in [0.25, 0.3) is 11.1 Å². The van der Waals surface area contributed by atoms with Gasteiger partial charge in [0.2, 0.25) is 23.0 Å². The third-order valence-corrected chi connectivity index (χ3v) is 7.58. The minimum Gasteiger partial charge on any atom is -0.493 e. The van der Waals surface area contributed by atoms with Gasteiger partial charge in [0.15, 0.2) is 11.5 Å². The van der Waals surface area contributed by atoms with Crippen molar-refractivity contribution in [2.45, 2.75) is 52.1 Å². The van der Waals surface area contributed by atoms with Gasteiger partial charge in [-0.25, -0.2) is 0 Å². The third-order valence-electron chi connectivity index (χ3n) is 7.58. The van der Waals surface area contributed by atoms with E-state index in [1.807, 2.05) is 44.2 Å². The predicted molar refractivity (Wildman–Crippen MR) is 166 cm³/mol. The highest BCUT2D eigenvalue weighted by molar-refractivity contribution is 5.86. The van der Waals surface area contributed by atoms with Crippen LogP contribution in [0.15, 0.2) is 53.5 Å². The molecule has 228 valence electrons. The van der Waals surface area contributed by atoms with Crippen molar-refractivity contribution in [3.8, 4) is 28.4 Å². The molecule has 0 spiro atoms. The SMILES string of the molecule is COc1cc2c(c(OC)c1OC)-c1ccc(N[C@@H](C(=O)NCCc3ccccn3)C(C)C)c(=O)cc1[C@H](NC(C)=O)CC2. The first-order valence-electron chi connectivity index (χ1n) is 14.4. The molecule has 3 aromatic rings. The number of rotatable bonds is 11. The Labute approximate surface area is 252 Å². The van der Waals surface area contributed by atoms with Gasteiger partial charge in [-0.05, 0) is 65.8 Å². The summed E-state index contributed by atoms with van der Waals surface area (Å²) in [6, 6.07) is 11.6. The van der Waals surface area contributed by atoms with Crippen LogP contribution < -0.4 is 35.6 Å². The van der Waals surface area contributed by atoms with Crippen LogP contribution in [0, 0.1) is 5.92 Å². The monoisotopic (exact) mass is 588 g/mol. The first-order chi connectivity index (χ1) is 20.7. The molecule has 0 unspecified atom stereocenters. The summed E-state index contributed by atoms with van der Waals surface area (Å²) < 4.78 is 17.1. The average Bonchev–Trinajstić information content (AvgIpc) is 3.23. The van der Waals surface area contributed by atoms with Gasteiger partial charge in [-0.15, -0.1) is 0 Å². The van der Waals surface area contributed by atoms with E-state index in [0.29, 0.717) is 48.6 Å². The maximum Gasteiger partial charge on any atom is 0.242 e. The Hall–Kier alpha value is -4.60. The zero-order valence-electron chi connectivity index (χ0n) is 25.6. The molecular formula is C33H40N4O6. The molecule has 10 nitrogen and oxygen atoms in total. The molecule has 0 bridgehead atoms. The zero-order valence-corrected chi connectivity index (χ0v) is 25.6. The Morgan fingerprint density at radius 1 is 1.02 bits per heavy atom. The molecule has 1 aliphatic carbocycles. The van der Waals surface area contributed by atoms with E-state index < -0.39 is 12.1 Å². The van der Waals surface area contributed by atoms with Gasteiger partial charge in [-0.2, -0.15) is 0 Å². The Bertz CT molecular complexity index is 1530. The first kappa shape index (κ1) is 31.3. The Balaban J connectivity index is 1.75. The van der Waals surface area contributed by atoms with Gasteiger partial charge < -0.3 is 30.2 Å². The molecule has 2 amide bonds. The van der Waals surface area contributed by atoms with E-state index in [9.17, 15) is 14.4 Å². The zero-order chi connectivity index (χ0) is 31.1. The summed E-state index contributed by atoms with van der Waals surface area (Å²) in [7, 11) is 4.67. The largest absolute Gasteiger partial charge is 0.493 e. The number of anilines is 1. The number of benzene rings is 1. The van der Waals surface area contributed by atoms with Crippen LogP contribution in [-0.4, -0.2) is 50.7 Å². The number of carbonyl (C=O) groups is 2. The number of nitrogens with zero attached hydrogens (tertiary/aromatic N) is 1. The molecule has 43 heavy (non-hydrogen) atoms. The van der Waals surface area contributed by atoms with Crippen molar-refractivity contribution in [1.82, 2.24) is 15.6 Å². The molecule has 1 aliphatic rings. The quantitative estimate of drug-likeness (QED) is 0.306. The highest BCUT2D eigenvalue weighted by Crippen LogP contribution is 2.50. The van der Waals surface area contributed by atoms with E-state index in [1.165, 1.54) is 6.92 Å². The van der Waals surface area contributed by atoms with E-state index in [2.05, 4.69) is 20.9 Å². The second kappa shape index (κ2) is 14.0. The molecule has 3 N–H and O–H groups in total. The van der Waals surface area contributed by atoms with Crippen LogP contribution in [0.4, 0.5) is 5.69 Å². The predicted octanol–water partition coefficient (Wildman–Crippen LogP) is 4.05. The minimum atomic E-state index is -0.657. The summed E-state index contributed by atoms with van der Waals surface area (Å²) in [5.74, 6) is 0.909. The van der Waals surface area contributed by atoms with Crippen molar-refractivity contribution < 1.29 is 23.8 Å².